The smallest absolute Gasteiger partial charge is 0.345 e. The molecule has 1 aliphatic rings. The Kier molecular flexibility index (Phi) is 7.21. The number of aryl methyl sites for hydroxylation is 1. The van der Waals surface area contributed by atoms with Gasteiger partial charge in [0.15, 0.2) is 0 Å². The normalized spacial score (nSPS) is 15.6. The molecule has 1 aliphatic carbocycles. The van der Waals surface area contributed by atoms with Crippen molar-refractivity contribution in [1.82, 2.24) is 5.32 Å². The molecular weight excluding hydrogens is 489 g/mol. The van der Waals surface area contributed by atoms with Crippen molar-refractivity contribution in [3.8, 4) is 0 Å². The van der Waals surface area contributed by atoms with Crippen molar-refractivity contribution in [2.45, 2.75) is 36.4 Å². The number of amides is 1. The molecule has 188 valence electrons. The number of rotatable bonds is 7. The maximum Gasteiger partial charge on any atom is 0.416 e. The van der Waals surface area contributed by atoms with E-state index in [0.29, 0.717) is 0 Å². The van der Waals surface area contributed by atoms with Gasteiger partial charge in [-0.05, 0) is 66.8 Å². The molecule has 1 N–H and O–H groups in total. The molecule has 0 saturated heterocycles. The van der Waals surface area contributed by atoms with Crippen molar-refractivity contribution in [2.75, 3.05) is 10.8 Å². The Labute approximate surface area is 208 Å². The third-order valence-electron chi connectivity index (χ3n) is 6.12. The van der Waals surface area contributed by atoms with E-state index < -0.39 is 27.7 Å². The lowest BCUT2D eigenvalue weighted by Crippen LogP contribution is -2.33. The number of hydrogen-bond acceptors (Lipinski definition) is 3. The molecule has 0 bridgehead atoms. The maximum absolute atomic E-state index is 13.5. The lowest BCUT2D eigenvalue weighted by molar-refractivity contribution is -0.137. The average Bonchev–Trinajstić information content (AvgIpc) is 2.87. The second kappa shape index (κ2) is 10.2. The van der Waals surface area contributed by atoms with Gasteiger partial charge in [-0.15, -0.1) is 6.58 Å². The molecule has 0 aromatic heterocycles. The zero-order valence-electron chi connectivity index (χ0n) is 19.3. The zero-order valence-corrected chi connectivity index (χ0v) is 20.1. The summed E-state index contributed by atoms with van der Waals surface area (Å²) in [7, 11) is -4.30. The van der Waals surface area contributed by atoms with E-state index in [1.807, 2.05) is 24.3 Å². The van der Waals surface area contributed by atoms with Crippen molar-refractivity contribution in [2.24, 2.45) is 0 Å². The summed E-state index contributed by atoms with van der Waals surface area (Å²) in [6.07, 6.45) is -0.720. The molecule has 0 saturated carbocycles. The van der Waals surface area contributed by atoms with E-state index >= 15 is 0 Å². The lowest BCUT2D eigenvalue weighted by Gasteiger charge is -2.26. The number of halogens is 3. The number of anilines is 1. The van der Waals surface area contributed by atoms with Crippen LogP contribution in [0.15, 0.2) is 90.3 Å². The van der Waals surface area contributed by atoms with Gasteiger partial charge in [-0.3, -0.25) is 9.10 Å². The summed E-state index contributed by atoms with van der Waals surface area (Å²) >= 11 is 0. The minimum absolute atomic E-state index is 0.140. The van der Waals surface area contributed by atoms with Gasteiger partial charge >= 0.3 is 6.18 Å². The van der Waals surface area contributed by atoms with Crippen LogP contribution in [0.3, 0.4) is 0 Å². The molecule has 3 aromatic rings. The van der Waals surface area contributed by atoms with E-state index in [0.717, 1.165) is 47.3 Å². The summed E-state index contributed by atoms with van der Waals surface area (Å²) in [4.78, 5) is 12.9. The van der Waals surface area contributed by atoms with Crippen LogP contribution in [0.5, 0.6) is 0 Å². The molecule has 4 rings (SSSR count). The Morgan fingerprint density at radius 2 is 1.81 bits per heavy atom. The third kappa shape index (κ3) is 5.31. The highest BCUT2D eigenvalue weighted by molar-refractivity contribution is 7.92. The highest BCUT2D eigenvalue weighted by Crippen LogP contribution is 2.34. The first kappa shape index (κ1) is 25.5. The fraction of sp³-hybridized carbons (Fsp3) is 0.222. The molecule has 9 heteroatoms. The van der Waals surface area contributed by atoms with Crippen molar-refractivity contribution >= 4 is 21.6 Å². The predicted molar refractivity (Wildman–Crippen MR) is 132 cm³/mol. The van der Waals surface area contributed by atoms with Crippen LogP contribution in [-0.2, 0) is 22.6 Å². The van der Waals surface area contributed by atoms with Gasteiger partial charge in [0.1, 0.15) is 0 Å². The Morgan fingerprint density at radius 3 is 2.56 bits per heavy atom. The summed E-state index contributed by atoms with van der Waals surface area (Å²) in [5, 5.41) is 2.99. The van der Waals surface area contributed by atoms with Crippen LogP contribution in [0.25, 0.3) is 0 Å². The lowest BCUT2D eigenvalue weighted by atomic mass is 9.87. The SMILES string of the molecule is C=CCN(c1cccc(C(F)(F)F)c1)S(=O)(=O)c1cccc(C(=O)NC2CCCc3ccccc32)c1. The van der Waals surface area contributed by atoms with Crippen molar-refractivity contribution < 1.29 is 26.4 Å². The van der Waals surface area contributed by atoms with Gasteiger partial charge in [0.05, 0.1) is 28.7 Å². The fourth-order valence-corrected chi connectivity index (χ4v) is 5.84. The van der Waals surface area contributed by atoms with Crippen molar-refractivity contribution in [3.63, 3.8) is 0 Å². The Hall–Kier alpha value is -3.59. The quantitative estimate of drug-likeness (QED) is 0.400. The Balaban J connectivity index is 1.63. The number of benzene rings is 3. The predicted octanol–water partition coefficient (Wildman–Crippen LogP) is 5.89. The van der Waals surface area contributed by atoms with Gasteiger partial charge in [-0.1, -0.05) is 42.5 Å². The topological polar surface area (TPSA) is 66.5 Å². The van der Waals surface area contributed by atoms with Gasteiger partial charge in [-0.25, -0.2) is 8.42 Å². The van der Waals surface area contributed by atoms with E-state index in [9.17, 15) is 26.4 Å². The number of carbonyl (C=O) groups excluding carboxylic acids is 1. The Morgan fingerprint density at radius 1 is 1.06 bits per heavy atom. The zero-order chi connectivity index (χ0) is 25.9. The first-order valence-corrected chi connectivity index (χ1v) is 12.8. The number of fused-ring (bicyclic) bond motifs is 1. The molecule has 1 amide bonds. The van der Waals surface area contributed by atoms with E-state index in [4.69, 9.17) is 0 Å². The number of nitrogens with one attached hydrogen (secondary N) is 1. The first-order valence-electron chi connectivity index (χ1n) is 11.4. The molecule has 0 aliphatic heterocycles. The summed E-state index contributed by atoms with van der Waals surface area (Å²) in [6.45, 7) is 3.29. The van der Waals surface area contributed by atoms with Crippen LogP contribution in [0.2, 0.25) is 0 Å². The van der Waals surface area contributed by atoms with E-state index in [-0.39, 0.29) is 28.7 Å². The number of hydrogen-bond donors (Lipinski definition) is 1. The summed E-state index contributed by atoms with van der Waals surface area (Å²) in [6, 6.07) is 17.3. The van der Waals surface area contributed by atoms with E-state index in [1.165, 1.54) is 42.0 Å². The van der Waals surface area contributed by atoms with Gasteiger partial charge in [0.2, 0.25) is 0 Å². The van der Waals surface area contributed by atoms with Crippen LogP contribution in [0.1, 0.15) is 45.9 Å². The van der Waals surface area contributed by atoms with Gasteiger partial charge in [-0.2, -0.15) is 13.2 Å². The third-order valence-corrected chi connectivity index (χ3v) is 7.91. The second-order valence-electron chi connectivity index (χ2n) is 8.52. The van der Waals surface area contributed by atoms with Crippen LogP contribution in [-0.4, -0.2) is 20.9 Å². The number of carbonyl (C=O) groups is 1. The largest absolute Gasteiger partial charge is 0.416 e. The minimum Gasteiger partial charge on any atom is -0.345 e. The molecule has 0 spiro atoms. The number of nitrogens with zero attached hydrogens (tertiary/aromatic N) is 1. The van der Waals surface area contributed by atoms with Crippen LogP contribution in [0, 0.1) is 0 Å². The second-order valence-corrected chi connectivity index (χ2v) is 10.4. The molecule has 36 heavy (non-hydrogen) atoms. The monoisotopic (exact) mass is 514 g/mol. The van der Waals surface area contributed by atoms with Gasteiger partial charge in [0, 0.05) is 5.56 Å². The first-order chi connectivity index (χ1) is 17.1. The van der Waals surface area contributed by atoms with Gasteiger partial charge < -0.3 is 5.32 Å². The fourth-order valence-electron chi connectivity index (χ4n) is 4.37. The molecule has 0 radical (unpaired) electrons. The molecule has 0 heterocycles. The van der Waals surface area contributed by atoms with Crippen LogP contribution in [0.4, 0.5) is 18.9 Å². The summed E-state index contributed by atoms with van der Waals surface area (Å²) in [5.74, 6) is -0.428. The molecule has 1 unspecified atom stereocenters. The standard InChI is InChI=1S/C27H25F3N2O3S/c1-2-16-32(22-12-7-11-21(18-22)27(28,29)30)36(34,35)23-13-5-10-20(17-23)26(33)31-25-15-6-9-19-8-3-4-14-24(19)25/h2-5,7-8,10-14,17-18,25H,1,6,9,15-16H2,(H,31,33). The Bertz CT molecular complexity index is 1390. The van der Waals surface area contributed by atoms with Crippen LogP contribution >= 0.6 is 0 Å². The van der Waals surface area contributed by atoms with E-state index in [2.05, 4.69) is 11.9 Å². The van der Waals surface area contributed by atoms with Crippen LogP contribution < -0.4 is 9.62 Å². The van der Waals surface area contributed by atoms with E-state index in [1.54, 1.807) is 0 Å². The molecule has 5 nitrogen and oxygen atoms in total. The number of alkyl halides is 3. The van der Waals surface area contributed by atoms with Crippen molar-refractivity contribution in [3.05, 3.63) is 108 Å². The van der Waals surface area contributed by atoms with Gasteiger partial charge in [0.25, 0.3) is 15.9 Å². The molecule has 3 aromatic carbocycles. The highest BCUT2D eigenvalue weighted by Gasteiger charge is 2.32. The minimum atomic E-state index is -4.63. The summed E-state index contributed by atoms with van der Waals surface area (Å²) < 4.78 is 67.5. The summed E-state index contributed by atoms with van der Waals surface area (Å²) in [5.41, 5.74) is 1.24. The number of sulfonamides is 1. The molecular formula is C27H25F3N2O3S. The maximum atomic E-state index is 13.5. The molecule has 1 atom stereocenters. The average molecular weight is 515 g/mol. The molecule has 0 fully saturated rings. The highest BCUT2D eigenvalue weighted by atomic mass is 32.2. The van der Waals surface area contributed by atoms with Crippen molar-refractivity contribution in [1.29, 1.82) is 0 Å².